The van der Waals surface area contributed by atoms with Crippen molar-refractivity contribution in [3.63, 3.8) is 0 Å². The number of methoxy groups -OCH3 is 1. The summed E-state index contributed by atoms with van der Waals surface area (Å²) in [4.78, 5) is 31.9. The van der Waals surface area contributed by atoms with Gasteiger partial charge in [-0.15, -0.1) is 0 Å². The molecule has 0 aliphatic heterocycles. The van der Waals surface area contributed by atoms with E-state index in [-0.39, 0.29) is 18.4 Å². The number of ether oxygens (including phenoxy) is 2. The molecule has 0 bridgehead atoms. The minimum absolute atomic E-state index is 0.0299. The third-order valence-electron chi connectivity index (χ3n) is 3.45. The molecule has 8 heteroatoms. The summed E-state index contributed by atoms with van der Waals surface area (Å²) in [5, 5.41) is 5.55. The van der Waals surface area contributed by atoms with Crippen molar-refractivity contribution in [3.05, 3.63) is 53.5 Å². The molecule has 0 fully saturated rings. The highest BCUT2D eigenvalue weighted by molar-refractivity contribution is 5.93. The van der Waals surface area contributed by atoms with Gasteiger partial charge in [-0.2, -0.15) is 0 Å². The van der Waals surface area contributed by atoms with E-state index < -0.39 is 0 Å². The molecule has 138 valence electrons. The standard InChI is InChI=1S/C18H22N4O4/c1-3-26-12-16(23)20-11-15-8-13(6-7-19-15)9-22-18(24)14-4-5-17(25-2)21-10-14/h4-8,10H,3,9,11-12H2,1-2H3,(H,20,23)(H,22,24). The first kappa shape index (κ1) is 19.3. The molecule has 0 aliphatic carbocycles. The van der Waals surface area contributed by atoms with E-state index in [0.717, 1.165) is 5.56 Å². The molecular weight excluding hydrogens is 336 g/mol. The average Bonchev–Trinajstić information content (AvgIpc) is 2.69. The zero-order valence-electron chi connectivity index (χ0n) is 14.8. The van der Waals surface area contributed by atoms with Gasteiger partial charge in [0.2, 0.25) is 11.8 Å². The summed E-state index contributed by atoms with van der Waals surface area (Å²) in [6.07, 6.45) is 3.10. The highest BCUT2D eigenvalue weighted by Gasteiger charge is 2.07. The van der Waals surface area contributed by atoms with Crippen molar-refractivity contribution < 1.29 is 19.1 Å². The Morgan fingerprint density at radius 2 is 1.96 bits per heavy atom. The second-order valence-electron chi connectivity index (χ2n) is 5.34. The van der Waals surface area contributed by atoms with Crippen LogP contribution in [-0.4, -0.2) is 42.1 Å². The average molecular weight is 358 g/mol. The van der Waals surface area contributed by atoms with Crippen LogP contribution in [0.25, 0.3) is 0 Å². The molecular formula is C18H22N4O4. The number of nitrogens with one attached hydrogen (secondary N) is 2. The lowest BCUT2D eigenvalue weighted by Gasteiger charge is -2.08. The van der Waals surface area contributed by atoms with E-state index in [9.17, 15) is 9.59 Å². The van der Waals surface area contributed by atoms with Crippen LogP contribution in [-0.2, 0) is 22.6 Å². The summed E-state index contributed by atoms with van der Waals surface area (Å²) in [6, 6.07) is 6.91. The lowest BCUT2D eigenvalue weighted by molar-refractivity contribution is -0.125. The van der Waals surface area contributed by atoms with E-state index in [2.05, 4.69) is 20.6 Å². The van der Waals surface area contributed by atoms with E-state index in [1.54, 1.807) is 24.4 Å². The molecule has 0 aliphatic rings. The topological polar surface area (TPSA) is 102 Å². The summed E-state index contributed by atoms with van der Waals surface area (Å²) in [5.74, 6) is 0.0228. The molecule has 0 aromatic carbocycles. The fourth-order valence-corrected chi connectivity index (χ4v) is 2.09. The Bertz CT molecular complexity index is 734. The summed E-state index contributed by atoms with van der Waals surface area (Å²) in [5.41, 5.74) is 2.03. The number of aromatic nitrogens is 2. The smallest absolute Gasteiger partial charge is 0.253 e. The van der Waals surface area contributed by atoms with Crippen LogP contribution in [0, 0.1) is 0 Å². The van der Waals surface area contributed by atoms with Crippen molar-refractivity contribution in [2.45, 2.75) is 20.0 Å². The third-order valence-corrected chi connectivity index (χ3v) is 3.45. The van der Waals surface area contributed by atoms with E-state index >= 15 is 0 Å². The number of nitrogens with zero attached hydrogens (tertiary/aromatic N) is 2. The van der Waals surface area contributed by atoms with E-state index in [4.69, 9.17) is 9.47 Å². The van der Waals surface area contributed by atoms with Gasteiger partial charge in [0.15, 0.2) is 0 Å². The van der Waals surface area contributed by atoms with Crippen molar-refractivity contribution >= 4 is 11.8 Å². The number of rotatable bonds is 9. The first-order chi connectivity index (χ1) is 12.6. The number of carbonyl (C=O) groups is 2. The predicted molar refractivity (Wildman–Crippen MR) is 94.5 cm³/mol. The Morgan fingerprint density at radius 3 is 2.65 bits per heavy atom. The molecule has 0 unspecified atom stereocenters. The fourth-order valence-electron chi connectivity index (χ4n) is 2.09. The lowest BCUT2D eigenvalue weighted by Crippen LogP contribution is -2.27. The summed E-state index contributed by atoms with van der Waals surface area (Å²) in [7, 11) is 1.52. The quantitative estimate of drug-likeness (QED) is 0.695. The zero-order valence-corrected chi connectivity index (χ0v) is 14.8. The van der Waals surface area contributed by atoms with Crippen molar-refractivity contribution in [2.75, 3.05) is 20.3 Å². The monoisotopic (exact) mass is 358 g/mol. The predicted octanol–water partition coefficient (Wildman–Crippen LogP) is 1.07. The van der Waals surface area contributed by atoms with Crippen LogP contribution in [0.4, 0.5) is 0 Å². The van der Waals surface area contributed by atoms with Crippen molar-refractivity contribution in [3.8, 4) is 5.88 Å². The van der Waals surface area contributed by atoms with E-state index in [1.807, 2.05) is 13.0 Å². The number of hydrogen-bond donors (Lipinski definition) is 2. The van der Waals surface area contributed by atoms with Gasteiger partial charge < -0.3 is 20.1 Å². The van der Waals surface area contributed by atoms with Crippen LogP contribution < -0.4 is 15.4 Å². The first-order valence-corrected chi connectivity index (χ1v) is 8.19. The lowest BCUT2D eigenvalue weighted by atomic mass is 10.2. The normalized spacial score (nSPS) is 10.2. The van der Waals surface area contributed by atoms with Gasteiger partial charge in [0.05, 0.1) is 24.9 Å². The van der Waals surface area contributed by atoms with Crippen LogP contribution >= 0.6 is 0 Å². The van der Waals surface area contributed by atoms with E-state index in [1.165, 1.54) is 13.3 Å². The maximum Gasteiger partial charge on any atom is 0.253 e. The molecule has 2 aromatic rings. The molecule has 0 radical (unpaired) electrons. The number of carbonyl (C=O) groups excluding carboxylic acids is 2. The Kier molecular flexibility index (Phi) is 7.50. The van der Waals surface area contributed by atoms with Crippen LogP contribution in [0.1, 0.15) is 28.5 Å². The molecule has 2 heterocycles. The molecule has 0 atom stereocenters. The second kappa shape index (κ2) is 10.1. The van der Waals surface area contributed by atoms with Gasteiger partial charge in [0.1, 0.15) is 6.61 Å². The SMILES string of the molecule is CCOCC(=O)NCc1cc(CNC(=O)c2ccc(OC)nc2)ccn1. The van der Waals surface area contributed by atoms with Gasteiger partial charge in [-0.05, 0) is 30.7 Å². The summed E-state index contributed by atoms with van der Waals surface area (Å²) in [6.45, 7) is 2.99. The van der Waals surface area contributed by atoms with Crippen LogP contribution in [0.5, 0.6) is 5.88 Å². The number of amides is 2. The van der Waals surface area contributed by atoms with Gasteiger partial charge >= 0.3 is 0 Å². The fraction of sp³-hybridized carbons (Fsp3) is 0.333. The highest BCUT2D eigenvalue weighted by atomic mass is 16.5. The largest absolute Gasteiger partial charge is 0.481 e. The maximum absolute atomic E-state index is 12.1. The Hall–Kier alpha value is -3.00. The molecule has 2 N–H and O–H groups in total. The zero-order chi connectivity index (χ0) is 18.8. The minimum atomic E-state index is -0.233. The summed E-state index contributed by atoms with van der Waals surface area (Å²) >= 11 is 0. The van der Waals surface area contributed by atoms with Crippen molar-refractivity contribution in [1.29, 1.82) is 0 Å². The molecule has 8 nitrogen and oxygen atoms in total. The maximum atomic E-state index is 12.1. The van der Waals surface area contributed by atoms with Gasteiger partial charge in [0, 0.05) is 31.6 Å². The summed E-state index contributed by atoms with van der Waals surface area (Å²) < 4.78 is 10.0. The second-order valence-corrected chi connectivity index (χ2v) is 5.34. The molecule has 0 saturated heterocycles. The number of pyridine rings is 2. The molecule has 26 heavy (non-hydrogen) atoms. The van der Waals surface area contributed by atoms with Gasteiger partial charge in [-0.3, -0.25) is 14.6 Å². The number of hydrogen-bond acceptors (Lipinski definition) is 6. The van der Waals surface area contributed by atoms with Crippen LogP contribution in [0.15, 0.2) is 36.7 Å². The van der Waals surface area contributed by atoms with Crippen molar-refractivity contribution in [1.82, 2.24) is 20.6 Å². The first-order valence-electron chi connectivity index (χ1n) is 8.19. The minimum Gasteiger partial charge on any atom is -0.481 e. The van der Waals surface area contributed by atoms with E-state index in [0.29, 0.717) is 36.8 Å². The molecule has 0 saturated carbocycles. The Balaban J connectivity index is 1.85. The molecule has 2 rings (SSSR count). The highest BCUT2D eigenvalue weighted by Crippen LogP contribution is 2.07. The van der Waals surface area contributed by atoms with Crippen LogP contribution in [0.2, 0.25) is 0 Å². The van der Waals surface area contributed by atoms with Crippen LogP contribution in [0.3, 0.4) is 0 Å². The molecule has 2 amide bonds. The van der Waals surface area contributed by atoms with Gasteiger partial charge in [-0.25, -0.2) is 4.98 Å². The van der Waals surface area contributed by atoms with Gasteiger partial charge in [-0.1, -0.05) is 0 Å². The Labute approximate surface area is 151 Å². The molecule has 2 aromatic heterocycles. The van der Waals surface area contributed by atoms with Gasteiger partial charge in [0.25, 0.3) is 5.91 Å². The van der Waals surface area contributed by atoms with Crippen molar-refractivity contribution in [2.24, 2.45) is 0 Å². The third kappa shape index (κ3) is 6.14. The Morgan fingerprint density at radius 1 is 1.12 bits per heavy atom. The molecule has 0 spiro atoms.